The predicted octanol–water partition coefficient (Wildman–Crippen LogP) is 0.731. The summed E-state index contributed by atoms with van der Waals surface area (Å²) in [4.78, 5) is 14.1. The average Bonchev–Trinajstić information content (AvgIpc) is 2.61. The molecular formula is C13H20ClN3O3. The molecule has 1 atom stereocenters. The highest BCUT2D eigenvalue weighted by Gasteiger charge is 2.32. The average molecular weight is 302 g/mol. The molecule has 6 nitrogen and oxygen atoms in total. The van der Waals surface area contributed by atoms with E-state index in [2.05, 4.69) is 5.10 Å². The number of aliphatic hydroxyl groups is 2. The van der Waals surface area contributed by atoms with Gasteiger partial charge < -0.3 is 15.1 Å². The van der Waals surface area contributed by atoms with Crippen LogP contribution in [0.4, 0.5) is 0 Å². The molecule has 7 heteroatoms. The van der Waals surface area contributed by atoms with Gasteiger partial charge in [0.15, 0.2) is 5.69 Å². The summed E-state index contributed by atoms with van der Waals surface area (Å²) in [6, 6.07) is 0. The summed E-state index contributed by atoms with van der Waals surface area (Å²) in [5.74, 6) is -0.221. The SMILES string of the molecule is Cc1c(Cl)c(C(=O)N2CCCC(O)(CO)CC2)nn1C. The fourth-order valence-electron chi connectivity index (χ4n) is 2.41. The lowest BCUT2D eigenvalue weighted by Gasteiger charge is -2.24. The summed E-state index contributed by atoms with van der Waals surface area (Å²) in [7, 11) is 1.74. The molecule has 1 amide bonds. The van der Waals surface area contributed by atoms with Gasteiger partial charge in [-0.2, -0.15) is 5.10 Å². The Bertz CT molecular complexity index is 517. The van der Waals surface area contributed by atoms with Gasteiger partial charge in [0.1, 0.15) is 0 Å². The highest BCUT2D eigenvalue weighted by molar-refractivity contribution is 6.34. The molecule has 1 aliphatic heterocycles. The molecule has 0 aliphatic carbocycles. The van der Waals surface area contributed by atoms with Crippen molar-refractivity contribution in [3.63, 3.8) is 0 Å². The first-order valence-corrected chi connectivity index (χ1v) is 7.07. The molecule has 2 heterocycles. The number of halogens is 1. The number of nitrogens with zero attached hydrogens (tertiary/aromatic N) is 3. The van der Waals surface area contributed by atoms with Gasteiger partial charge in [0.25, 0.3) is 5.91 Å². The molecule has 0 spiro atoms. The number of likely N-dealkylation sites (tertiary alicyclic amines) is 1. The smallest absolute Gasteiger partial charge is 0.275 e. The number of carbonyl (C=O) groups excluding carboxylic acids is 1. The highest BCUT2D eigenvalue weighted by Crippen LogP contribution is 2.25. The van der Waals surface area contributed by atoms with Crippen LogP contribution in [0.25, 0.3) is 0 Å². The first kappa shape index (κ1) is 15.3. The predicted molar refractivity (Wildman–Crippen MR) is 74.7 cm³/mol. The Morgan fingerprint density at radius 1 is 1.45 bits per heavy atom. The number of hydrogen-bond acceptors (Lipinski definition) is 4. The van der Waals surface area contributed by atoms with Crippen molar-refractivity contribution in [2.45, 2.75) is 31.8 Å². The number of amides is 1. The Labute approximate surface area is 122 Å². The normalized spacial score (nSPS) is 23.8. The summed E-state index contributed by atoms with van der Waals surface area (Å²) in [6.45, 7) is 2.45. The van der Waals surface area contributed by atoms with Crippen molar-refractivity contribution in [1.29, 1.82) is 0 Å². The van der Waals surface area contributed by atoms with E-state index >= 15 is 0 Å². The van der Waals surface area contributed by atoms with E-state index < -0.39 is 5.60 Å². The monoisotopic (exact) mass is 301 g/mol. The maximum Gasteiger partial charge on any atom is 0.275 e. The molecule has 0 aromatic carbocycles. The molecule has 1 aliphatic rings. The van der Waals surface area contributed by atoms with E-state index in [0.29, 0.717) is 37.4 Å². The van der Waals surface area contributed by atoms with Gasteiger partial charge in [0, 0.05) is 20.1 Å². The Morgan fingerprint density at radius 3 is 2.70 bits per heavy atom. The van der Waals surface area contributed by atoms with Gasteiger partial charge in [-0.15, -0.1) is 0 Å². The summed E-state index contributed by atoms with van der Waals surface area (Å²) in [5.41, 5.74) is -0.0865. The highest BCUT2D eigenvalue weighted by atomic mass is 35.5. The zero-order chi connectivity index (χ0) is 14.9. The molecule has 0 bridgehead atoms. The topological polar surface area (TPSA) is 78.6 Å². The van der Waals surface area contributed by atoms with Crippen LogP contribution in [0.2, 0.25) is 5.02 Å². The molecule has 2 rings (SSSR count). The van der Waals surface area contributed by atoms with Crippen molar-refractivity contribution in [3.05, 3.63) is 16.4 Å². The van der Waals surface area contributed by atoms with Crippen molar-refractivity contribution in [2.24, 2.45) is 7.05 Å². The molecule has 2 N–H and O–H groups in total. The number of carbonyl (C=O) groups is 1. The third-order valence-corrected chi connectivity index (χ3v) is 4.41. The van der Waals surface area contributed by atoms with Crippen LogP contribution >= 0.6 is 11.6 Å². The molecule has 1 fully saturated rings. The van der Waals surface area contributed by atoms with Gasteiger partial charge in [-0.05, 0) is 26.2 Å². The first-order valence-electron chi connectivity index (χ1n) is 6.69. The minimum atomic E-state index is -1.08. The van der Waals surface area contributed by atoms with Gasteiger partial charge >= 0.3 is 0 Å². The van der Waals surface area contributed by atoms with E-state index in [-0.39, 0.29) is 18.2 Å². The summed E-state index contributed by atoms with van der Waals surface area (Å²) >= 11 is 6.13. The maximum atomic E-state index is 12.5. The standard InChI is InChI=1S/C13H20ClN3O3/c1-9-10(14)11(15-16(9)2)12(19)17-6-3-4-13(20,8-18)5-7-17/h18,20H,3-8H2,1-2H3. The Hall–Kier alpha value is -1.11. The van der Waals surface area contributed by atoms with Crippen LogP contribution in [0, 0.1) is 6.92 Å². The van der Waals surface area contributed by atoms with E-state index in [1.165, 1.54) is 0 Å². The zero-order valence-electron chi connectivity index (χ0n) is 11.8. The number of rotatable bonds is 2. The van der Waals surface area contributed by atoms with Gasteiger partial charge in [-0.3, -0.25) is 9.48 Å². The van der Waals surface area contributed by atoms with E-state index in [9.17, 15) is 15.0 Å². The van der Waals surface area contributed by atoms with Crippen LogP contribution < -0.4 is 0 Å². The van der Waals surface area contributed by atoms with Crippen LogP contribution in [0.3, 0.4) is 0 Å². The van der Waals surface area contributed by atoms with Crippen molar-refractivity contribution < 1.29 is 15.0 Å². The second kappa shape index (κ2) is 5.71. The minimum Gasteiger partial charge on any atom is -0.393 e. The quantitative estimate of drug-likeness (QED) is 0.844. The molecule has 1 aromatic heterocycles. The lowest BCUT2D eigenvalue weighted by molar-refractivity contribution is -0.0250. The van der Waals surface area contributed by atoms with Gasteiger partial charge in [-0.25, -0.2) is 0 Å². The molecule has 112 valence electrons. The molecule has 20 heavy (non-hydrogen) atoms. The third-order valence-electron chi connectivity index (χ3n) is 3.96. The molecule has 0 radical (unpaired) electrons. The minimum absolute atomic E-state index is 0.221. The van der Waals surface area contributed by atoms with Gasteiger partial charge in [0.2, 0.25) is 0 Å². The number of aliphatic hydroxyl groups excluding tert-OH is 1. The Balaban J connectivity index is 2.15. The molecular weight excluding hydrogens is 282 g/mol. The first-order chi connectivity index (χ1) is 9.38. The summed E-state index contributed by atoms with van der Waals surface area (Å²) < 4.78 is 1.58. The van der Waals surface area contributed by atoms with Crippen LogP contribution in [0.15, 0.2) is 0 Å². The summed E-state index contributed by atoms with van der Waals surface area (Å²) in [5, 5.41) is 23.8. The molecule has 1 saturated heterocycles. The Kier molecular flexibility index (Phi) is 4.36. The van der Waals surface area contributed by atoms with Gasteiger partial charge in [0.05, 0.1) is 22.9 Å². The molecule has 0 saturated carbocycles. The number of aromatic nitrogens is 2. The van der Waals surface area contributed by atoms with Gasteiger partial charge in [-0.1, -0.05) is 11.6 Å². The van der Waals surface area contributed by atoms with E-state index in [0.717, 1.165) is 5.69 Å². The lowest BCUT2D eigenvalue weighted by atomic mass is 9.96. The second-order valence-corrected chi connectivity index (χ2v) is 5.78. The van der Waals surface area contributed by atoms with Crippen molar-refractivity contribution in [2.75, 3.05) is 19.7 Å². The van der Waals surface area contributed by atoms with Crippen molar-refractivity contribution in [1.82, 2.24) is 14.7 Å². The second-order valence-electron chi connectivity index (χ2n) is 5.40. The third kappa shape index (κ3) is 2.82. The van der Waals surface area contributed by atoms with E-state index in [1.807, 2.05) is 0 Å². The number of hydrogen-bond donors (Lipinski definition) is 2. The van der Waals surface area contributed by atoms with Crippen LogP contribution in [-0.4, -0.2) is 56.1 Å². The van der Waals surface area contributed by atoms with Crippen LogP contribution in [0.1, 0.15) is 35.4 Å². The molecule has 1 unspecified atom stereocenters. The zero-order valence-corrected chi connectivity index (χ0v) is 12.5. The fourth-order valence-corrected chi connectivity index (χ4v) is 2.65. The van der Waals surface area contributed by atoms with Crippen molar-refractivity contribution in [3.8, 4) is 0 Å². The van der Waals surface area contributed by atoms with Crippen LogP contribution in [-0.2, 0) is 7.05 Å². The molecule has 1 aromatic rings. The summed E-state index contributed by atoms with van der Waals surface area (Å²) in [6.07, 6.45) is 1.49. The van der Waals surface area contributed by atoms with E-state index in [1.54, 1.807) is 23.6 Å². The van der Waals surface area contributed by atoms with Crippen LogP contribution in [0.5, 0.6) is 0 Å². The lowest BCUT2D eigenvalue weighted by Crippen LogP contribution is -2.36. The number of aryl methyl sites for hydroxylation is 1. The maximum absolute atomic E-state index is 12.5. The fraction of sp³-hybridized carbons (Fsp3) is 0.692. The van der Waals surface area contributed by atoms with Crippen molar-refractivity contribution >= 4 is 17.5 Å². The largest absolute Gasteiger partial charge is 0.393 e. The van der Waals surface area contributed by atoms with E-state index in [4.69, 9.17) is 11.6 Å². The Morgan fingerprint density at radius 2 is 2.15 bits per heavy atom.